The number of nitrogens with one attached hydrogen (secondary N) is 1. The van der Waals surface area contributed by atoms with Gasteiger partial charge in [-0.3, -0.25) is 24.2 Å². The van der Waals surface area contributed by atoms with E-state index in [0.717, 1.165) is 30.5 Å². The number of aliphatic hydroxyl groups is 1. The van der Waals surface area contributed by atoms with E-state index in [1.165, 1.54) is 14.2 Å². The van der Waals surface area contributed by atoms with Crippen LogP contribution in [0.4, 0.5) is 14.5 Å². The Morgan fingerprint density at radius 2 is 1.78 bits per heavy atom. The molecule has 2 bridgehead atoms. The lowest BCUT2D eigenvalue weighted by Gasteiger charge is -2.63. The summed E-state index contributed by atoms with van der Waals surface area (Å²) in [4.78, 5) is 65.0. The average Bonchev–Trinajstić information content (AvgIpc) is 3.94. The van der Waals surface area contributed by atoms with Gasteiger partial charge in [0.25, 0.3) is 5.92 Å². The fourth-order valence-corrected chi connectivity index (χ4v) is 13.2. The summed E-state index contributed by atoms with van der Waals surface area (Å²) in [6.45, 7) is 4.57. The summed E-state index contributed by atoms with van der Waals surface area (Å²) in [5.41, 5.74) is 3.07. The third-order valence-corrected chi connectivity index (χ3v) is 15.7. The quantitative estimate of drug-likeness (QED) is 0.122. The molecule has 2 aromatic carbocycles. The number of carbonyl (C=O) groups is 4. The van der Waals surface area contributed by atoms with Crippen molar-refractivity contribution in [2.24, 2.45) is 17.1 Å². The first-order chi connectivity index (χ1) is 30.9. The van der Waals surface area contributed by atoms with Gasteiger partial charge in [0.1, 0.15) is 17.2 Å². The van der Waals surface area contributed by atoms with Crippen molar-refractivity contribution >= 4 is 40.5 Å². The van der Waals surface area contributed by atoms with E-state index < -0.39 is 81.8 Å². The largest absolute Gasteiger partial charge is 0.496 e. The molecule has 1 aliphatic carbocycles. The number of rotatable bonds is 11. The van der Waals surface area contributed by atoms with Gasteiger partial charge in [0.05, 0.1) is 27.4 Å². The number of benzene rings is 2. The number of nitrogens with zero attached hydrogens (tertiary/aromatic N) is 3. The Morgan fingerprint density at radius 1 is 1.05 bits per heavy atom. The number of para-hydroxylation sites is 1. The van der Waals surface area contributed by atoms with Crippen molar-refractivity contribution in [3.63, 3.8) is 0 Å². The highest BCUT2D eigenvalue weighted by Crippen LogP contribution is 2.68. The van der Waals surface area contributed by atoms with Gasteiger partial charge in [0.2, 0.25) is 5.60 Å². The maximum atomic E-state index is 15.3. The molecule has 17 heteroatoms. The third-order valence-electron chi connectivity index (χ3n) is 15.7. The second-order valence-electron chi connectivity index (χ2n) is 18.9. The second-order valence-corrected chi connectivity index (χ2v) is 18.9. The summed E-state index contributed by atoms with van der Waals surface area (Å²) in [5.74, 6) is -7.12. The first-order valence-electron chi connectivity index (χ1n) is 22.2. The van der Waals surface area contributed by atoms with Crippen LogP contribution in [0.15, 0.2) is 60.2 Å². The van der Waals surface area contributed by atoms with Crippen molar-refractivity contribution in [2.75, 3.05) is 59.5 Å². The molecule has 5 N–H and O–H groups in total. The molecule has 5 aliphatic heterocycles. The zero-order valence-electron chi connectivity index (χ0n) is 37.5. The fourth-order valence-electron chi connectivity index (χ4n) is 13.2. The standard InChI is InChI=1S/C48H57F2N5O10/c1-7-45-15-10-17-55-18-16-46(39(45)55)30-20-31(35(62-4)21-34(30)53(3)40(46)48(61,43(60)64-6)41(45)65-36(56)14-13-32(51)38(57)58)47(42(59)63-5)22-26-19-27(44(2,49)50)24-54(23-26)25-29-28-11-8-9-12-33(28)52-37(29)47/h8-12,15,19-21,26,32,39-41,52,61H,7,13-14,16-18,22-25,51H2,1-6H3,(H,57,58)/t26-,32?,39?,40+,41+,45+,46+,47-,48?/m0/s1. The van der Waals surface area contributed by atoms with Crippen LogP contribution in [0.1, 0.15) is 68.3 Å². The van der Waals surface area contributed by atoms with Gasteiger partial charge < -0.3 is 44.8 Å². The van der Waals surface area contributed by atoms with Crippen LogP contribution in [-0.2, 0) is 50.8 Å². The molecule has 6 heterocycles. The molecule has 9 rings (SSSR count). The zero-order chi connectivity index (χ0) is 46.6. The second kappa shape index (κ2) is 15.6. The van der Waals surface area contributed by atoms with Crippen LogP contribution in [0.25, 0.3) is 10.9 Å². The van der Waals surface area contributed by atoms with E-state index in [2.05, 4.69) is 9.88 Å². The molecule has 1 aromatic heterocycles. The summed E-state index contributed by atoms with van der Waals surface area (Å²) in [7, 11) is 5.73. The van der Waals surface area contributed by atoms with Gasteiger partial charge in [-0.2, -0.15) is 0 Å². The Labute approximate surface area is 375 Å². The van der Waals surface area contributed by atoms with Crippen molar-refractivity contribution in [2.45, 2.75) is 99.1 Å². The van der Waals surface area contributed by atoms with Crippen molar-refractivity contribution in [1.82, 2.24) is 14.8 Å². The summed E-state index contributed by atoms with van der Waals surface area (Å²) < 4.78 is 54.5. The van der Waals surface area contributed by atoms with Gasteiger partial charge in [0, 0.05) is 103 Å². The van der Waals surface area contributed by atoms with E-state index >= 15 is 13.6 Å². The van der Waals surface area contributed by atoms with Crippen LogP contribution in [0, 0.1) is 11.3 Å². The Balaban J connectivity index is 1.31. The minimum Gasteiger partial charge on any atom is -0.496 e. The van der Waals surface area contributed by atoms with Gasteiger partial charge in [-0.25, -0.2) is 13.6 Å². The number of fused-ring (bicyclic) bond motifs is 6. The summed E-state index contributed by atoms with van der Waals surface area (Å²) in [5, 5.41) is 23.8. The molecule has 10 atom stereocenters. The Bertz CT molecular complexity index is 2540. The van der Waals surface area contributed by atoms with Crippen LogP contribution < -0.4 is 15.4 Å². The van der Waals surface area contributed by atoms with Crippen molar-refractivity contribution in [3.8, 4) is 5.75 Å². The van der Waals surface area contributed by atoms with Crippen LogP contribution in [0.3, 0.4) is 0 Å². The van der Waals surface area contributed by atoms with Gasteiger partial charge in [-0.05, 0) is 61.4 Å². The number of alkyl halides is 2. The number of likely N-dealkylation sites (N-methyl/N-ethyl adjacent to an activating group) is 1. The highest BCUT2D eigenvalue weighted by atomic mass is 19.3. The van der Waals surface area contributed by atoms with E-state index in [4.69, 9.17) is 24.7 Å². The molecule has 15 nitrogen and oxygen atoms in total. The monoisotopic (exact) mass is 901 g/mol. The molecular formula is C48H57F2N5O10. The van der Waals surface area contributed by atoms with E-state index in [0.29, 0.717) is 60.7 Å². The topological polar surface area (TPSA) is 197 Å². The molecule has 0 radical (unpaired) electrons. The molecule has 4 unspecified atom stereocenters. The molecular weight excluding hydrogens is 845 g/mol. The summed E-state index contributed by atoms with van der Waals surface area (Å²) in [6, 6.07) is 8.45. The maximum Gasteiger partial charge on any atom is 0.344 e. The molecule has 1 spiro atoms. The molecule has 2 fully saturated rings. The predicted molar refractivity (Wildman–Crippen MR) is 234 cm³/mol. The number of esters is 3. The van der Waals surface area contributed by atoms with E-state index in [1.54, 1.807) is 19.2 Å². The fraction of sp³-hybridized carbons (Fsp3) is 0.542. The number of halogens is 2. The summed E-state index contributed by atoms with van der Waals surface area (Å²) in [6.07, 6.45) is 4.12. The number of carbonyl (C=O) groups excluding carboxylic acids is 3. The third kappa shape index (κ3) is 6.24. The number of ether oxygens (including phenoxy) is 4. The number of hydrogen-bond acceptors (Lipinski definition) is 13. The first kappa shape index (κ1) is 44.8. The normalized spacial score (nSPS) is 32.8. The predicted octanol–water partition coefficient (Wildman–Crippen LogP) is 4.17. The first-order valence-corrected chi connectivity index (χ1v) is 22.2. The van der Waals surface area contributed by atoms with Crippen LogP contribution in [0.2, 0.25) is 0 Å². The minimum absolute atomic E-state index is 0.0309. The highest BCUT2D eigenvalue weighted by molar-refractivity contribution is 5.95. The number of carboxylic acid groups (broad SMARTS) is 1. The number of hydrogen-bond donors (Lipinski definition) is 4. The lowest BCUT2D eigenvalue weighted by atomic mass is 9.47. The van der Waals surface area contributed by atoms with Crippen LogP contribution >= 0.6 is 0 Å². The van der Waals surface area contributed by atoms with E-state index in [1.807, 2.05) is 59.2 Å². The SMILES string of the molecule is CC[C@]12C=CCN3CC[C@@]4(c5cc([C@@]6(C(=O)OC)C[C@@H]7C=C(C(C)(F)F)CN(Cc8c6[nH]c6ccccc86)C7)c(OC)cc5N(C)[C@H]4C(O)(C(=O)OC)[C@@H]1OC(=O)CCC(N)C(=O)O)C32. The Hall–Kier alpha value is -5.36. The van der Waals surface area contributed by atoms with E-state index in [-0.39, 0.29) is 37.9 Å². The summed E-state index contributed by atoms with van der Waals surface area (Å²) >= 11 is 0. The van der Waals surface area contributed by atoms with E-state index in [9.17, 15) is 24.6 Å². The van der Waals surface area contributed by atoms with Crippen molar-refractivity contribution in [3.05, 3.63) is 82.6 Å². The minimum atomic E-state index is -3.11. The average molecular weight is 902 g/mol. The number of methoxy groups -OCH3 is 3. The lowest BCUT2D eigenvalue weighted by molar-refractivity contribution is -0.229. The van der Waals surface area contributed by atoms with Gasteiger partial charge >= 0.3 is 23.9 Å². The number of nitrogens with two attached hydrogens (primary N) is 1. The van der Waals surface area contributed by atoms with Crippen LogP contribution in [-0.4, -0.2) is 139 Å². The van der Waals surface area contributed by atoms with Crippen molar-refractivity contribution in [1.29, 1.82) is 0 Å². The van der Waals surface area contributed by atoms with Gasteiger partial charge in [0.15, 0.2) is 6.10 Å². The lowest BCUT2D eigenvalue weighted by Crippen LogP contribution is -2.81. The van der Waals surface area contributed by atoms with Gasteiger partial charge in [-0.15, -0.1) is 0 Å². The van der Waals surface area contributed by atoms with Crippen LogP contribution in [0.5, 0.6) is 5.75 Å². The molecule has 1 saturated carbocycles. The molecule has 1 saturated heterocycles. The van der Waals surface area contributed by atoms with Gasteiger partial charge in [-0.1, -0.05) is 43.4 Å². The number of aromatic amines is 1. The molecule has 3 aromatic rings. The number of aromatic nitrogens is 1. The maximum absolute atomic E-state index is 15.3. The number of H-pyrrole nitrogens is 1. The molecule has 65 heavy (non-hydrogen) atoms. The highest BCUT2D eigenvalue weighted by Gasteiger charge is 2.80. The Kier molecular flexibility index (Phi) is 10.8. The zero-order valence-corrected chi connectivity index (χ0v) is 37.5. The smallest absolute Gasteiger partial charge is 0.344 e. The molecule has 6 aliphatic rings. The number of carboxylic acids is 1. The molecule has 0 amide bonds. The number of aliphatic carboxylic acids is 1. The Morgan fingerprint density at radius 3 is 2.46 bits per heavy atom. The molecule has 348 valence electrons. The van der Waals surface area contributed by atoms with Crippen molar-refractivity contribution < 1.29 is 57.1 Å². The number of anilines is 1.